The van der Waals surface area contributed by atoms with Gasteiger partial charge in [0.05, 0.1) is 11.4 Å². The Hall–Kier alpha value is -1.86. The monoisotopic (exact) mass is 294 g/mol. The molecule has 7 heteroatoms. The highest BCUT2D eigenvalue weighted by Crippen LogP contribution is 2.22. The topological polar surface area (TPSA) is 90.0 Å². The molecule has 0 unspecified atom stereocenters. The number of hydrogen-bond donors (Lipinski definition) is 2. The van der Waals surface area contributed by atoms with E-state index >= 15 is 0 Å². The van der Waals surface area contributed by atoms with Crippen LogP contribution in [-0.4, -0.2) is 18.0 Å². The fraction of sp³-hybridized carbons (Fsp3) is 0.308. The molecule has 6 nitrogen and oxygen atoms in total. The number of nitrogens with zero attached hydrogens (tertiary/aromatic N) is 2. The summed E-state index contributed by atoms with van der Waals surface area (Å²) in [4.78, 5) is 4.29. The van der Waals surface area contributed by atoms with Gasteiger partial charge in [-0.05, 0) is 37.1 Å². The number of nitrogens with two attached hydrogens (primary N) is 1. The van der Waals surface area contributed by atoms with E-state index in [9.17, 15) is 8.42 Å². The number of aryl methyl sites for hydroxylation is 2. The van der Waals surface area contributed by atoms with Gasteiger partial charge >= 0.3 is 0 Å². The standard InChI is InChI=1S/C13H18N4O2S/c1-9-6-11(14)10(2)12(7-9)20(18,19)16-8-13-15-4-5-17(13)3/h4-7,16H,8,14H2,1-3H3. The Morgan fingerprint density at radius 1 is 1.35 bits per heavy atom. The van der Waals surface area contributed by atoms with Gasteiger partial charge in [-0.2, -0.15) is 0 Å². The van der Waals surface area contributed by atoms with Crippen LogP contribution >= 0.6 is 0 Å². The Labute approximate surface area is 118 Å². The van der Waals surface area contributed by atoms with Gasteiger partial charge in [-0.15, -0.1) is 0 Å². The minimum absolute atomic E-state index is 0.138. The van der Waals surface area contributed by atoms with Gasteiger partial charge in [-0.25, -0.2) is 18.1 Å². The molecule has 0 bridgehead atoms. The summed E-state index contributed by atoms with van der Waals surface area (Å²) < 4.78 is 29.0. The number of nitrogens with one attached hydrogen (secondary N) is 1. The molecule has 0 aliphatic carbocycles. The average Bonchev–Trinajstić information content (AvgIpc) is 2.77. The largest absolute Gasteiger partial charge is 0.398 e. The molecule has 0 spiro atoms. The fourth-order valence-corrected chi connectivity index (χ4v) is 3.27. The second-order valence-corrected chi connectivity index (χ2v) is 6.49. The first-order valence-electron chi connectivity index (χ1n) is 6.14. The molecule has 0 aliphatic rings. The Morgan fingerprint density at radius 2 is 2.05 bits per heavy atom. The maximum absolute atomic E-state index is 12.4. The van der Waals surface area contributed by atoms with Crippen molar-refractivity contribution in [1.29, 1.82) is 0 Å². The van der Waals surface area contributed by atoms with Gasteiger partial charge in [-0.3, -0.25) is 0 Å². The van der Waals surface area contributed by atoms with Crippen molar-refractivity contribution in [3.05, 3.63) is 41.5 Å². The third kappa shape index (κ3) is 2.83. The van der Waals surface area contributed by atoms with E-state index < -0.39 is 10.0 Å². The minimum atomic E-state index is -3.61. The first kappa shape index (κ1) is 14.5. The lowest BCUT2D eigenvalue weighted by Gasteiger charge is -2.12. The average molecular weight is 294 g/mol. The van der Waals surface area contributed by atoms with Crippen molar-refractivity contribution in [3.63, 3.8) is 0 Å². The number of imidazole rings is 1. The molecule has 20 heavy (non-hydrogen) atoms. The molecule has 0 saturated heterocycles. The molecule has 0 radical (unpaired) electrons. The van der Waals surface area contributed by atoms with Gasteiger partial charge in [0.15, 0.2) is 0 Å². The van der Waals surface area contributed by atoms with Crippen LogP contribution in [0.4, 0.5) is 5.69 Å². The van der Waals surface area contributed by atoms with Crippen LogP contribution in [0.3, 0.4) is 0 Å². The number of hydrogen-bond acceptors (Lipinski definition) is 4. The minimum Gasteiger partial charge on any atom is -0.398 e. The van der Waals surface area contributed by atoms with E-state index in [-0.39, 0.29) is 11.4 Å². The fourth-order valence-electron chi connectivity index (χ4n) is 1.94. The first-order chi connectivity index (χ1) is 9.31. The second kappa shape index (κ2) is 5.26. The zero-order valence-electron chi connectivity index (χ0n) is 11.7. The molecular weight excluding hydrogens is 276 g/mol. The number of nitrogen functional groups attached to an aromatic ring is 1. The first-order valence-corrected chi connectivity index (χ1v) is 7.62. The predicted molar refractivity (Wildman–Crippen MR) is 77.6 cm³/mol. The predicted octanol–water partition coefficient (Wildman–Crippen LogP) is 1.10. The van der Waals surface area contributed by atoms with Crippen molar-refractivity contribution >= 4 is 15.7 Å². The summed E-state index contributed by atoms with van der Waals surface area (Å²) in [6, 6.07) is 3.37. The van der Waals surface area contributed by atoms with E-state index in [1.54, 1.807) is 36.0 Å². The molecule has 0 aliphatic heterocycles. The zero-order valence-corrected chi connectivity index (χ0v) is 12.5. The van der Waals surface area contributed by atoms with Crippen LogP contribution in [-0.2, 0) is 23.6 Å². The van der Waals surface area contributed by atoms with E-state index in [1.165, 1.54) is 0 Å². The lowest BCUT2D eigenvalue weighted by Crippen LogP contribution is -2.25. The van der Waals surface area contributed by atoms with E-state index in [1.807, 2.05) is 14.0 Å². The van der Waals surface area contributed by atoms with Crippen molar-refractivity contribution in [3.8, 4) is 0 Å². The van der Waals surface area contributed by atoms with E-state index in [0.29, 0.717) is 17.1 Å². The number of anilines is 1. The third-order valence-corrected chi connectivity index (χ3v) is 4.70. The zero-order chi connectivity index (χ0) is 14.9. The number of benzene rings is 1. The highest BCUT2D eigenvalue weighted by molar-refractivity contribution is 7.89. The highest BCUT2D eigenvalue weighted by Gasteiger charge is 2.19. The van der Waals surface area contributed by atoms with Crippen molar-refractivity contribution in [2.24, 2.45) is 7.05 Å². The summed E-state index contributed by atoms with van der Waals surface area (Å²) in [5.74, 6) is 0.645. The lowest BCUT2D eigenvalue weighted by molar-refractivity contribution is 0.577. The van der Waals surface area contributed by atoms with Crippen molar-refractivity contribution in [2.45, 2.75) is 25.3 Å². The molecule has 0 amide bonds. The summed E-state index contributed by atoms with van der Waals surface area (Å²) in [5, 5.41) is 0. The Bertz CT molecular complexity index is 735. The molecule has 0 fully saturated rings. The smallest absolute Gasteiger partial charge is 0.241 e. The van der Waals surface area contributed by atoms with Crippen LogP contribution in [0, 0.1) is 13.8 Å². The number of sulfonamides is 1. The molecular formula is C13H18N4O2S. The van der Waals surface area contributed by atoms with Crippen molar-refractivity contribution in [1.82, 2.24) is 14.3 Å². The second-order valence-electron chi connectivity index (χ2n) is 4.76. The lowest BCUT2D eigenvalue weighted by atomic mass is 10.1. The van der Waals surface area contributed by atoms with Gasteiger partial charge < -0.3 is 10.3 Å². The van der Waals surface area contributed by atoms with Crippen LogP contribution in [0.5, 0.6) is 0 Å². The Kier molecular flexibility index (Phi) is 3.82. The van der Waals surface area contributed by atoms with Crippen LogP contribution in [0.2, 0.25) is 0 Å². The molecule has 2 rings (SSSR count). The van der Waals surface area contributed by atoms with Crippen LogP contribution in [0.1, 0.15) is 17.0 Å². The summed E-state index contributed by atoms with van der Waals surface area (Å²) in [5.41, 5.74) is 7.67. The molecule has 108 valence electrons. The van der Waals surface area contributed by atoms with Crippen molar-refractivity contribution < 1.29 is 8.42 Å². The van der Waals surface area contributed by atoms with Gasteiger partial charge in [0.25, 0.3) is 0 Å². The van der Waals surface area contributed by atoms with Gasteiger partial charge in [0, 0.05) is 25.1 Å². The summed E-state index contributed by atoms with van der Waals surface area (Å²) in [6.07, 6.45) is 3.39. The summed E-state index contributed by atoms with van der Waals surface area (Å²) in [6.45, 7) is 3.65. The highest BCUT2D eigenvalue weighted by atomic mass is 32.2. The molecule has 0 saturated carbocycles. The molecule has 1 aromatic carbocycles. The summed E-state index contributed by atoms with van der Waals surface area (Å²) >= 11 is 0. The molecule has 3 N–H and O–H groups in total. The van der Waals surface area contributed by atoms with E-state index in [4.69, 9.17) is 5.73 Å². The molecule has 2 aromatic rings. The Morgan fingerprint density at radius 3 is 2.65 bits per heavy atom. The van der Waals surface area contributed by atoms with Crippen LogP contribution in [0.15, 0.2) is 29.4 Å². The van der Waals surface area contributed by atoms with E-state index in [0.717, 1.165) is 5.56 Å². The van der Waals surface area contributed by atoms with Gasteiger partial charge in [0.2, 0.25) is 10.0 Å². The molecule has 1 heterocycles. The Balaban J connectivity index is 2.29. The quantitative estimate of drug-likeness (QED) is 0.826. The maximum Gasteiger partial charge on any atom is 0.241 e. The third-order valence-electron chi connectivity index (χ3n) is 3.18. The van der Waals surface area contributed by atoms with Gasteiger partial charge in [-0.1, -0.05) is 0 Å². The molecule has 1 aromatic heterocycles. The van der Waals surface area contributed by atoms with E-state index in [2.05, 4.69) is 9.71 Å². The maximum atomic E-state index is 12.4. The summed E-state index contributed by atoms with van der Waals surface area (Å²) in [7, 11) is -1.80. The SMILES string of the molecule is Cc1cc(N)c(C)c(S(=O)(=O)NCc2nccn2C)c1. The van der Waals surface area contributed by atoms with Crippen LogP contribution < -0.4 is 10.5 Å². The number of rotatable bonds is 4. The molecule has 0 atom stereocenters. The van der Waals surface area contributed by atoms with Gasteiger partial charge in [0.1, 0.15) is 5.82 Å². The number of aromatic nitrogens is 2. The van der Waals surface area contributed by atoms with Crippen molar-refractivity contribution in [2.75, 3.05) is 5.73 Å². The normalized spacial score (nSPS) is 11.8. The van der Waals surface area contributed by atoms with Crippen LogP contribution in [0.25, 0.3) is 0 Å².